The van der Waals surface area contributed by atoms with E-state index in [1.165, 1.54) is 7.11 Å². The number of hydrogen-bond donors (Lipinski definition) is 3. The molecule has 2 heterocycles. The smallest absolute Gasteiger partial charge is 0.354 e. The second-order valence-corrected chi connectivity index (χ2v) is 6.23. The fourth-order valence-electron chi connectivity index (χ4n) is 2.89. The van der Waals surface area contributed by atoms with E-state index < -0.39 is 5.97 Å². The molecular formula is C19H18ClN3O3. The van der Waals surface area contributed by atoms with E-state index in [0.717, 1.165) is 11.3 Å². The molecule has 0 spiro atoms. The lowest BCUT2D eigenvalue weighted by atomic mass is 10.0. The first-order chi connectivity index (χ1) is 12.5. The van der Waals surface area contributed by atoms with Gasteiger partial charge in [0.15, 0.2) is 11.5 Å². The van der Waals surface area contributed by atoms with Crippen LogP contribution >= 0.6 is 11.6 Å². The van der Waals surface area contributed by atoms with Crippen LogP contribution in [0, 0.1) is 0 Å². The molecule has 26 heavy (non-hydrogen) atoms. The Morgan fingerprint density at radius 3 is 2.54 bits per heavy atom. The van der Waals surface area contributed by atoms with E-state index in [-0.39, 0.29) is 23.2 Å². The number of fused-ring (bicyclic) bond motifs is 1. The SMILES string of the molecule is COC(=C(C)Cl)C1=C(C(=O)O)Nc2ccccc2C(c2ccccn2)N1. The second kappa shape index (κ2) is 7.49. The second-order valence-electron chi connectivity index (χ2n) is 5.67. The Kier molecular flexibility index (Phi) is 5.14. The number of allylic oxidation sites excluding steroid dienone is 1. The minimum Gasteiger partial charge on any atom is -0.493 e. The van der Waals surface area contributed by atoms with Gasteiger partial charge in [-0.15, -0.1) is 0 Å². The molecule has 0 fully saturated rings. The molecule has 3 rings (SSSR count). The van der Waals surface area contributed by atoms with E-state index in [4.69, 9.17) is 16.3 Å². The first-order valence-corrected chi connectivity index (χ1v) is 8.32. The molecule has 0 aliphatic carbocycles. The molecule has 0 amide bonds. The van der Waals surface area contributed by atoms with Gasteiger partial charge in [0.05, 0.1) is 23.9 Å². The third-order valence-corrected chi connectivity index (χ3v) is 4.18. The van der Waals surface area contributed by atoms with Crippen LogP contribution in [-0.2, 0) is 9.53 Å². The van der Waals surface area contributed by atoms with Crippen LogP contribution in [0.3, 0.4) is 0 Å². The molecule has 0 saturated carbocycles. The van der Waals surface area contributed by atoms with Gasteiger partial charge < -0.3 is 20.5 Å². The van der Waals surface area contributed by atoms with Crippen molar-refractivity contribution >= 4 is 23.3 Å². The van der Waals surface area contributed by atoms with Crippen LogP contribution in [0.1, 0.15) is 24.2 Å². The largest absolute Gasteiger partial charge is 0.493 e. The zero-order valence-electron chi connectivity index (χ0n) is 14.3. The van der Waals surface area contributed by atoms with Gasteiger partial charge in [0.1, 0.15) is 5.70 Å². The number of carboxylic acids is 1. The van der Waals surface area contributed by atoms with Crippen molar-refractivity contribution < 1.29 is 14.6 Å². The molecule has 134 valence electrons. The Morgan fingerprint density at radius 1 is 1.19 bits per heavy atom. The molecule has 0 bridgehead atoms. The number of ether oxygens (including phenoxy) is 1. The number of anilines is 1. The van der Waals surface area contributed by atoms with Crippen molar-refractivity contribution in [3.8, 4) is 0 Å². The topological polar surface area (TPSA) is 83.5 Å². The van der Waals surface area contributed by atoms with E-state index in [1.807, 2.05) is 42.5 Å². The number of nitrogens with one attached hydrogen (secondary N) is 2. The molecule has 2 aromatic rings. The van der Waals surface area contributed by atoms with Crippen molar-refractivity contribution in [2.45, 2.75) is 13.0 Å². The van der Waals surface area contributed by atoms with Gasteiger partial charge in [-0.3, -0.25) is 4.98 Å². The summed E-state index contributed by atoms with van der Waals surface area (Å²) in [5.74, 6) is -0.873. The fraction of sp³-hybridized carbons (Fsp3) is 0.158. The third kappa shape index (κ3) is 3.36. The minimum absolute atomic E-state index is 0.0484. The molecule has 3 N–H and O–H groups in total. The van der Waals surface area contributed by atoms with Gasteiger partial charge in [-0.25, -0.2) is 4.79 Å². The molecule has 7 heteroatoms. The average molecular weight is 372 g/mol. The number of pyridine rings is 1. The number of methoxy groups -OCH3 is 1. The van der Waals surface area contributed by atoms with Gasteiger partial charge in [0.2, 0.25) is 0 Å². The number of carbonyl (C=O) groups is 1. The van der Waals surface area contributed by atoms with Crippen LogP contribution in [0.2, 0.25) is 0 Å². The number of benzene rings is 1. The lowest BCUT2D eigenvalue weighted by Crippen LogP contribution is -2.26. The van der Waals surface area contributed by atoms with Gasteiger partial charge >= 0.3 is 5.97 Å². The predicted molar refractivity (Wildman–Crippen MR) is 99.5 cm³/mol. The summed E-state index contributed by atoms with van der Waals surface area (Å²) >= 11 is 6.15. The van der Waals surface area contributed by atoms with Crippen molar-refractivity contribution in [1.82, 2.24) is 10.3 Å². The van der Waals surface area contributed by atoms with Gasteiger partial charge in [-0.1, -0.05) is 35.9 Å². The maximum absolute atomic E-state index is 11.9. The Bertz CT molecular complexity index is 890. The highest BCUT2D eigenvalue weighted by atomic mass is 35.5. The first-order valence-electron chi connectivity index (χ1n) is 7.94. The minimum atomic E-state index is -1.13. The van der Waals surface area contributed by atoms with Gasteiger partial charge in [-0.2, -0.15) is 0 Å². The molecular weight excluding hydrogens is 354 g/mol. The number of aromatic nitrogens is 1. The van der Waals surface area contributed by atoms with Crippen molar-refractivity contribution in [2.24, 2.45) is 0 Å². The molecule has 1 aliphatic heterocycles. The molecule has 1 unspecified atom stereocenters. The number of aliphatic carboxylic acids is 1. The Balaban J connectivity index is 2.24. The number of para-hydroxylation sites is 1. The zero-order chi connectivity index (χ0) is 18.7. The maximum Gasteiger partial charge on any atom is 0.354 e. The van der Waals surface area contributed by atoms with Crippen LogP contribution in [0.25, 0.3) is 0 Å². The van der Waals surface area contributed by atoms with Crippen LogP contribution in [0.5, 0.6) is 0 Å². The Morgan fingerprint density at radius 2 is 1.92 bits per heavy atom. The quantitative estimate of drug-likeness (QED) is 0.712. The molecule has 0 saturated heterocycles. The summed E-state index contributed by atoms with van der Waals surface area (Å²) in [6, 6.07) is 12.7. The highest BCUT2D eigenvalue weighted by molar-refractivity contribution is 6.29. The van der Waals surface area contributed by atoms with E-state index in [0.29, 0.717) is 10.7 Å². The summed E-state index contributed by atoms with van der Waals surface area (Å²) in [4.78, 5) is 16.3. The van der Waals surface area contributed by atoms with Gasteiger partial charge in [0, 0.05) is 17.4 Å². The summed E-state index contributed by atoms with van der Waals surface area (Å²) in [6.07, 6.45) is 1.69. The number of carboxylic acid groups (broad SMARTS) is 1. The zero-order valence-corrected chi connectivity index (χ0v) is 15.0. The first kappa shape index (κ1) is 17.8. The molecule has 0 radical (unpaired) electrons. The highest BCUT2D eigenvalue weighted by Crippen LogP contribution is 2.34. The van der Waals surface area contributed by atoms with Crippen LogP contribution in [0.15, 0.2) is 70.8 Å². The molecule has 1 aromatic heterocycles. The highest BCUT2D eigenvalue weighted by Gasteiger charge is 2.30. The molecule has 1 aliphatic rings. The van der Waals surface area contributed by atoms with Crippen LogP contribution in [0.4, 0.5) is 5.69 Å². The summed E-state index contributed by atoms with van der Waals surface area (Å²) in [7, 11) is 1.45. The number of rotatable bonds is 4. The summed E-state index contributed by atoms with van der Waals surface area (Å²) < 4.78 is 5.37. The number of hydrogen-bond acceptors (Lipinski definition) is 5. The van der Waals surface area contributed by atoms with Crippen molar-refractivity contribution in [1.29, 1.82) is 0 Å². The van der Waals surface area contributed by atoms with E-state index >= 15 is 0 Å². The standard InChI is InChI=1S/C19H18ClN3O3/c1-11(20)18(26-2)16-17(19(24)25)22-13-8-4-3-7-12(13)15(23-16)14-9-5-6-10-21-14/h3-10,15,22-23H,1-2H3,(H,24,25). The lowest BCUT2D eigenvalue weighted by molar-refractivity contribution is -0.132. The molecule has 1 atom stereocenters. The number of nitrogens with zero attached hydrogens (tertiary/aromatic N) is 1. The Hall–Kier alpha value is -2.99. The van der Waals surface area contributed by atoms with Crippen molar-refractivity contribution in [2.75, 3.05) is 12.4 Å². The fourth-order valence-corrected chi connectivity index (χ4v) is 3.06. The lowest BCUT2D eigenvalue weighted by Gasteiger charge is -2.22. The molecule has 6 nitrogen and oxygen atoms in total. The van der Waals surface area contributed by atoms with E-state index in [2.05, 4.69) is 15.6 Å². The summed E-state index contributed by atoms with van der Waals surface area (Å²) in [5, 5.41) is 16.3. The van der Waals surface area contributed by atoms with Crippen molar-refractivity contribution in [3.05, 3.63) is 82.1 Å². The van der Waals surface area contributed by atoms with E-state index in [1.54, 1.807) is 13.1 Å². The number of halogens is 1. The van der Waals surface area contributed by atoms with Gasteiger partial charge in [-0.05, 0) is 25.1 Å². The Labute approximate surface area is 156 Å². The third-order valence-electron chi connectivity index (χ3n) is 4.01. The van der Waals surface area contributed by atoms with Gasteiger partial charge in [0.25, 0.3) is 0 Å². The monoisotopic (exact) mass is 371 g/mol. The molecule has 1 aromatic carbocycles. The maximum atomic E-state index is 11.9. The average Bonchev–Trinajstić information content (AvgIpc) is 2.80. The van der Waals surface area contributed by atoms with Crippen LogP contribution in [-0.4, -0.2) is 23.2 Å². The summed E-state index contributed by atoms with van der Waals surface area (Å²) in [6.45, 7) is 1.64. The normalized spacial score (nSPS) is 17.3. The van der Waals surface area contributed by atoms with Crippen molar-refractivity contribution in [3.63, 3.8) is 0 Å². The predicted octanol–water partition coefficient (Wildman–Crippen LogP) is 3.60. The van der Waals surface area contributed by atoms with E-state index in [9.17, 15) is 9.90 Å². The van der Waals surface area contributed by atoms with Crippen LogP contribution < -0.4 is 10.6 Å². The summed E-state index contributed by atoms with van der Waals surface area (Å²) in [5.41, 5.74) is 2.49.